The maximum Gasteiger partial charge on any atom is 0.475 e. The third-order valence-corrected chi connectivity index (χ3v) is 4.04. The zero-order valence-corrected chi connectivity index (χ0v) is 12.1. The number of rotatable bonds is 3. The number of nitro groups is 1. The van der Waals surface area contributed by atoms with Crippen LogP contribution in [0.15, 0.2) is 0 Å². The van der Waals surface area contributed by atoms with Crippen molar-refractivity contribution in [1.29, 1.82) is 0 Å². The van der Waals surface area contributed by atoms with Gasteiger partial charge in [0.15, 0.2) is 0 Å². The fraction of sp³-hybridized carbons (Fsp3) is 0.769. The third-order valence-electron chi connectivity index (χ3n) is 4.04. The molecule has 0 aromatic carbocycles. The van der Waals surface area contributed by atoms with Crippen molar-refractivity contribution < 1.29 is 4.92 Å². The molecule has 0 unspecified atom stereocenters. The Hall–Kier alpha value is -1.99. The first-order chi connectivity index (χ1) is 10.2. The Kier molecular flexibility index (Phi) is 4.12. The van der Waals surface area contributed by atoms with Crippen LogP contribution in [-0.2, 0) is 0 Å². The van der Waals surface area contributed by atoms with Gasteiger partial charge >= 0.3 is 17.8 Å². The van der Waals surface area contributed by atoms with Gasteiger partial charge in [0.05, 0.1) is 0 Å². The summed E-state index contributed by atoms with van der Waals surface area (Å²) in [6, 6.07) is 0. The number of hydrogen-bond donors (Lipinski definition) is 0. The van der Waals surface area contributed by atoms with Crippen LogP contribution in [0.1, 0.15) is 38.5 Å². The van der Waals surface area contributed by atoms with E-state index in [0.717, 1.165) is 51.9 Å². The summed E-state index contributed by atoms with van der Waals surface area (Å²) >= 11 is 0. The fourth-order valence-corrected chi connectivity index (χ4v) is 2.90. The van der Waals surface area contributed by atoms with E-state index in [9.17, 15) is 10.1 Å². The SMILES string of the molecule is O=[N+]([O-])c1nc(N2CCCCC2)nc(N2CCCCC2)n1. The van der Waals surface area contributed by atoms with Crippen molar-refractivity contribution in [2.75, 3.05) is 36.0 Å². The van der Waals surface area contributed by atoms with Crippen molar-refractivity contribution in [1.82, 2.24) is 15.0 Å². The highest BCUT2D eigenvalue weighted by molar-refractivity contribution is 5.42. The molecule has 3 heterocycles. The van der Waals surface area contributed by atoms with Crippen LogP contribution in [0.2, 0.25) is 0 Å². The molecule has 1 aromatic rings. The largest absolute Gasteiger partial charge is 0.475 e. The van der Waals surface area contributed by atoms with E-state index in [1.807, 2.05) is 9.80 Å². The summed E-state index contributed by atoms with van der Waals surface area (Å²) in [4.78, 5) is 27.2. The van der Waals surface area contributed by atoms with E-state index in [1.54, 1.807) is 0 Å². The number of hydrogen-bond acceptors (Lipinski definition) is 7. The zero-order valence-electron chi connectivity index (χ0n) is 12.1. The predicted octanol–water partition coefficient (Wildman–Crippen LogP) is 1.76. The third kappa shape index (κ3) is 3.20. The lowest BCUT2D eigenvalue weighted by atomic mass is 10.1. The van der Waals surface area contributed by atoms with Crippen LogP contribution >= 0.6 is 0 Å². The average molecular weight is 292 g/mol. The lowest BCUT2D eigenvalue weighted by molar-refractivity contribution is -0.394. The number of aromatic nitrogens is 3. The summed E-state index contributed by atoms with van der Waals surface area (Å²) in [5, 5.41) is 11.1. The highest BCUT2D eigenvalue weighted by Gasteiger charge is 2.26. The van der Waals surface area contributed by atoms with Crippen LogP contribution in [-0.4, -0.2) is 46.1 Å². The van der Waals surface area contributed by atoms with Crippen molar-refractivity contribution in [3.05, 3.63) is 10.1 Å². The van der Waals surface area contributed by atoms with Crippen molar-refractivity contribution >= 4 is 17.8 Å². The molecule has 0 bridgehead atoms. The van der Waals surface area contributed by atoms with Crippen LogP contribution in [0, 0.1) is 10.1 Å². The highest BCUT2D eigenvalue weighted by Crippen LogP contribution is 2.22. The van der Waals surface area contributed by atoms with Crippen molar-refractivity contribution in [2.45, 2.75) is 38.5 Å². The fourth-order valence-electron chi connectivity index (χ4n) is 2.90. The molecule has 2 saturated heterocycles. The smallest absolute Gasteiger partial charge is 0.390 e. The number of nitrogens with zero attached hydrogens (tertiary/aromatic N) is 6. The molecule has 8 heteroatoms. The number of piperidine rings is 2. The molecule has 0 amide bonds. The molecule has 0 N–H and O–H groups in total. The van der Waals surface area contributed by atoms with Crippen molar-refractivity contribution in [3.63, 3.8) is 0 Å². The Morgan fingerprint density at radius 2 is 1.19 bits per heavy atom. The van der Waals surface area contributed by atoms with Gasteiger partial charge in [-0.1, -0.05) is 0 Å². The van der Waals surface area contributed by atoms with Crippen LogP contribution in [0.25, 0.3) is 0 Å². The second-order valence-electron chi connectivity index (χ2n) is 5.59. The van der Waals surface area contributed by atoms with Crippen molar-refractivity contribution in [2.24, 2.45) is 0 Å². The van der Waals surface area contributed by atoms with E-state index in [1.165, 1.54) is 12.8 Å². The van der Waals surface area contributed by atoms with Crippen LogP contribution < -0.4 is 9.80 Å². The molecule has 1 aromatic heterocycles. The minimum atomic E-state index is -0.525. The summed E-state index contributed by atoms with van der Waals surface area (Å²) in [5.74, 6) is 0.570. The van der Waals surface area contributed by atoms with Gasteiger partial charge in [-0.25, -0.2) is 0 Å². The number of anilines is 2. The molecule has 0 spiro atoms. The van der Waals surface area contributed by atoms with Crippen LogP contribution in [0.5, 0.6) is 0 Å². The standard InChI is InChI=1S/C13H20N6O2/c20-19(21)13-15-11(17-7-3-1-4-8-17)14-12(16-13)18-9-5-2-6-10-18/h1-10H2. The minimum absolute atomic E-state index is 0.342. The quantitative estimate of drug-likeness (QED) is 0.619. The van der Waals surface area contributed by atoms with Gasteiger partial charge in [-0.15, -0.1) is 4.98 Å². The maximum atomic E-state index is 11.1. The minimum Gasteiger partial charge on any atom is -0.390 e. The molecular formula is C13H20N6O2. The lowest BCUT2D eigenvalue weighted by Crippen LogP contribution is -2.34. The Morgan fingerprint density at radius 3 is 1.57 bits per heavy atom. The lowest BCUT2D eigenvalue weighted by Gasteiger charge is -2.27. The summed E-state index contributed by atoms with van der Waals surface area (Å²) < 4.78 is 0. The molecule has 0 aliphatic carbocycles. The molecule has 21 heavy (non-hydrogen) atoms. The van der Waals surface area contributed by atoms with Gasteiger partial charge in [0.1, 0.15) is 0 Å². The topological polar surface area (TPSA) is 88.3 Å². The molecule has 114 valence electrons. The van der Waals surface area contributed by atoms with E-state index in [2.05, 4.69) is 15.0 Å². The molecule has 2 aliphatic rings. The Labute approximate surface area is 123 Å². The summed E-state index contributed by atoms with van der Waals surface area (Å²) in [5.41, 5.74) is 0. The van der Waals surface area contributed by atoms with Gasteiger partial charge in [-0.2, -0.15) is 0 Å². The van der Waals surface area contributed by atoms with Gasteiger partial charge in [0, 0.05) is 26.2 Å². The summed E-state index contributed by atoms with van der Waals surface area (Å²) in [6.45, 7) is 3.45. The van der Waals surface area contributed by atoms with Crippen LogP contribution in [0.4, 0.5) is 17.8 Å². The Balaban J connectivity index is 1.91. The van der Waals surface area contributed by atoms with Crippen molar-refractivity contribution in [3.8, 4) is 0 Å². The maximum absolute atomic E-state index is 11.1. The molecule has 0 atom stereocenters. The molecule has 0 saturated carbocycles. The van der Waals surface area contributed by atoms with Gasteiger partial charge < -0.3 is 19.9 Å². The molecule has 3 rings (SSSR count). The van der Waals surface area contributed by atoms with Crippen LogP contribution in [0.3, 0.4) is 0 Å². The van der Waals surface area contributed by atoms with E-state index >= 15 is 0 Å². The van der Waals surface area contributed by atoms with E-state index in [4.69, 9.17) is 0 Å². The van der Waals surface area contributed by atoms with Gasteiger partial charge in [-0.05, 0) is 53.4 Å². The van der Waals surface area contributed by atoms with E-state index in [-0.39, 0.29) is 5.95 Å². The second-order valence-corrected chi connectivity index (χ2v) is 5.59. The zero-order chi connectivity index (χ0) is 14.7. The molecule has 8 nitrogen and oxygen atoms in total. The van der Waals surface area contributed by atoms with Gasteiger partial charge in [0.2, 0.25) is 0 Å². The first-order valence-electron chi connectivity index (χ1n) is 7.64. The first-order valence-corrected chi connectivity index (χ1v) is 7.64. The van der Waals surface area contributed by atoms with E-state index in [0.29, 0.717) is 11.9 Å². The monoisotopic (exact) mass is 292 g/mol. The van der Waals surface area contributed by atoms with Gasteiger partial charge in [-0.3, -0.25) is 0 Å². The normalized spacial score (nSPS) is 19.6. The predicted molar refractivity (Wildman–Crippen MR) is 78.6 cm³/mol. The van der Waals surface area contributed by atoms with Gasteiger partial charge in [0.25, 0.3) is 0 Å². The molecular weight excluding hydrogens is 272 g/mol. The Bertz CT molecular complexity index is 475. The highest BCUT2D eigenvalue weighted by atomic mass is 16.6. The first kappa shape index (κ1) is 14.0. The molecule has 0 radical (unpaired) electrons. The summed E-state index contributed by atoms with van der Waals surface area (Å²) in [7, 11) is 0. The molecule has 2 fully saturated rings. The summed E-state index contributed by atoms with van der Waals surface area (Å²) in [6.07, 6.45) is 6.72. The average Bonchev–Trinajstić information content (AvgIpc) is 2.56. The second kappa shape index (κ2) is 6.19. The Morgan fingerprint density at radius 1 is 0.762 bits per heavy atom. The van der Waals surface area contributed by atoms with E-state index < -0.39 is 4.92 Å². The molecule has 2 aliphatic heterocycles.